The molecule has 0 aliphatic rings. The van der Waals surface area contributed by atoms with E-state index < -0.39 is 18.4 Å². The van der Waals surface area contributed by atoms with Crippen LogP contribution in [0.15, 0.2) is 0 Å². The summed E-state index contributed by atoms with van der Waals surface area (Å²) in [6.45, 7) is 4.60. The number of carboxylic acid groups (broad SMARTS) is 2. The molecule has 0 aromatic carbocycles. The average Bonchev–Trinajstić information content (AvgIpc) is 2.04. The van der Waals surface area contributed by atoms with Crippen LogP contribution in [0.2, 0.25) is 1.78 Å². The van der Waals surface area contributed by atoms with E-state index in [0.29, 0.717) is 0 Å². The Balaban J connectivity index is 0. The van der Waals surface area contributed by atoms with E-state index in [9.17, 15) is 9.59 Å². The van der Waals surface area contributed by atoms with E-state index in [4.69, 9.17) is 10.2 Å². The third-order valence-corrected chi connectivity index (χ3v) is 9.09. The molecule has 0 rings (SSSR count). The van der Waals surface area contributed by atoms with Gasteiger partial charge in [-0.25, -0.2) is 0 Å². The zero-order chi connectivity index (χ0) is 11.4. The second-order valence-electron chi connectivity index (χ2n) is 3.02. The molecule has 0 saturated heterocycles. The van der Waals surface area contributed by atoms with Crippen LogP contribution in [0.5, 0.6) is 0 Å². The van der Waals surface area contributed by atoms with Gasteiger partial charge in [-0.05, 0) is 0 Å². The van der Waals surface area contributed by atoms with Gasteiger partial charge in [-0.15, -0.1) is 0 Å². The summed E-state index contributed by atoms with van der Waals surface area (Å²) < 4.78 is 3.29. The molecule has 0 atom stereocenters. The summed E-state index contributed by atoms with van der Waals surface area (Å²) >= 11 is -0.204. The molecule has 0 aliphatic heterocycles. The van der Waals surface area contributed by atoms with E-state index >= 15 is 0 Å². The predicted molar refractivity (Wildman–Crippen MR) is 55.8 cm³/mol. The van der Waals surface area contributed by atoms with E-state index in [1.165, 1.54) is 12.8 Å². The monoisotopic (exact) mass is 328 g/mol. The minimum atomic E-state index is -1.31. The number of carbonyl (C=O) groups is 2. The largest absolute Gasteiger partial charge is 0.481 e. The summed E-state index contributed by atoms with van der Waals surface area (Å²) in [5, 5.41) is 15.4. The van der Waals surface area contributed by atoms with Crippen LogP contribution < -0.4 is 0 Å². The maximum absolute atomic E-state index is 9.43. The smallest absolute Gasteiger partial charge is 0.314 e. The van der Waals surface area contributed by atoms with Crippen molar-refractivity contribution in [3.8, 4) is 0 Å². The molecule has 0 heterocycles. The van der Waals surface area contributed by atoms with Crippen LogP contribution in [0.1, 0.15) is 33.1 Å². The molecule has 4 nitrogen and oxygen atoms in total. The predicted octanol–water partition coefficient (Wildman–Crippen LogP) is 1.89. The van der Waals surface area contributed by atoms with E-state index in [1.54, 1.807) is 1.78 Å². The first-order valence-electron chi connectivity index (χ1n) is 4.98. The normalized spacial score (nSPS) is 8.14. The second kappa shape index (κ2) is 13.5. The van der Waals surface area contributed by atoms with Crippen molar-refractivity contribution in [3.05, 3.63) is 0 Å². The van der Waals surface area contributed by atoms with Crippen molar-refractivity contribution in [2.75, 3.05) is 0 Å². The molecule has 14 heavy (non-hydrogen) atoms. The molecular formula is C9H18BaO4. The summed E-state index contributed by atoms with van der Waals surface area (Å²) in [7, 11) is 0. The number of rotatable bonds is 6. The molecule has 0 bridgehead atoms. The molecule has 80 valence electrons. The van der Waals surface area contributed by atoms with Gasteiger partial charge >= 0.3 is 84.6 Å². The quantitative estimate of drug-likeness (QED) is 0.444. The van der Waals surface area contributed by atoms with Crippen molar-refractivity contribution in [1.29, 1.82) is 0 Å². The fourth-order valence-corrected chi connectivity index (χ4v) is 5.06. The van der Waals surface area contributed by atoms with Gasteiger partial charge in [-0.2, -0.15) is 0 Å². The number of carboxylic acids is 2. The van der Waals surface area contributed by atoms with Crippen LogP contribution in [0.3, 0.4) is 0 Å². The third kappa shape index (κ3) is 22.9. The molecule has 0 amide bonds. The van der Waals surface area contributed by atoms with Crippen molar-refractivity contribution in [2.24, 2.45) is 0 Å². The first kappa shape index (κ1) is 16.9. The van der Waals surface area contributed by atoms with E-state index in [-0.39, 0.29) is 44.2 Å². The average molecular weight is 328 g/mol. The van der Waals surface area contributed by atoms with Crippen LogP contribution in [0.25, 0.3) is 0 Å². The fourth-order valence-electron chi connectivity index (χ4n) is 0.806. The fraction of sp³-hybridized carbons (Fsp3) is 0.778. The minimum Gasteiger partial charge on any atom is -0.481 e. The number of hydrogen-bond acceptors (Lipinski definition) is 2. The van der Waals surface area contributed by atoms with Crippen molar-refractivity contribution < 1.29 is 19.8 Å². The molecule has 2 N–H and O–H groups in total. The van der Waals surface area contributed by atoms with Crippen molar-refractivity contribution in [3.63, 3.8) is 0 Å². The first-order valence-corrected chi connectivity index (χ1v) is 11.3. The maximum atomic E-state index is 9.43. The molecule has 0 saturated carbocycles. The Bertz CT molecular complexity index is 143. The van der Waals surface area contributed by atoms with Gasteiger partial charge in [-0.1, -0.05) is 0 Å². The summed E-state index contributed by atoms with van der Waals surface area (Å²) in [4.78, 5) is 18.9. The third-order valence-electron chi connectivity index (χ3n) is 1.51. The molecule has 0 radical (unpaired) electrons. The standard InChI is InChI=1S/C3H4O4.2C3H7.Ba/c4-2(5)1-3(6)7;2*1-3-2;/h1H2,(H,4,5)(H,6,7);2*1,3H2,2H3;. The van der Waals surface area contributed by atoms with Gasteiger partial charge in [0.25, 0.3) is 0 Å². The molecule has 5 heteroatoms. The Morgan fingerprint density at radius 3 is 1.50 bits per heavy atom. The van der Waals surface area contributed by atoms with Gasteiger partial charge in [-0.3, -0.25) is 9.59 Å². The van der Waals surface area contributed by atoms with Gasteiger partial charge in [0.1, 0.15) is 6.42 Å². The van der Waals surface area contributed by atoms with Gasteiger partial charge in [0.15, 0.2) is 0 Å². The van der Waals surface area contributed by atoms with Crippen molar-refractivity contribution in [2.45, 2.75) is 34.9 Å². The van der Waals surface area contributed by atoms with E-state index in [2.05, 4.69) is 13.8 Å². The SMILES string of the molecule is CC[CH2][Ba][CH2]CC.O=C(O)CC(=O)O. The zero-order valence-corrected chi connectivity index (χ0v) is 13.4. The van der Waals surface area contributed by atoms with Gasteiger partial charge in [0.2, 0.25) is 0 Å². The number of aliphatic carboxylic acids is 2. The van der Waals surface area contributed by atoms with Gasteiger partial charge in [0, 0.05) is 0 Å². The van der Waals surface area contributed by atoms with E-state index in [1.807, 2.05) is 0 Å². The van der Waals surface area contributed by atoms with Gasteiger partial charge < -0.3 is 10.2 Å². The molecule has 0 aromatic heterocycles. The molecule has 0 aromatic rings. The minimum absolute atomic E-state index is 0.204. The summed E-state index contributed by atoms with van der Waals surface area (Å²) in [6, 6.07) is 0. The first-order chi connectivity index (χ1) is 6.54. The topological polar surface area (TPSA) is 74.6 Å². The summed E-state index contributed by atoms with van der Waals surface area (Å²) in [5.41, 5.74) is 0. The van der Waals surface area contributed by atoms with Gasteiger partial charge in [0.05, 0.1) is 0 Å². The Kier molecular flexibility index (Phi) is 16.3. The van der Waals surface area contributed by atoms with Crippen molar-refractivity contribution >= 4 is 56.1 Å². The Morgan fingerprint density at radius 1 is 1.00 bits per heavy atom. The summed E-state index contributed by atoms with van der Waals surface area (Å²) in [5.74, 6) is -2.62. The second-order valence-corrected chi connectivity index (χ2v) is 9.69. The zero-order valence-electron chi connectivity index (χ0n) is 8.95. The van der Waals surface area contributed by atoms with Crippen LogP contribution in [-0.4, -0.2) is 66.3 Å². The Hall–Kier alpha value is 0.511. The maximum Gasteiger partial charge on any atom is 0.314 e. The number of hydrogen-bond donors (Lipinski definition) is 2. The molecule has 0 spiro atoms. The molecule has 0 aliphatic carbocycles. The molecule has 0 fully saturated rings. The molecular weight excluding hydrogens is 309 g/mol. The van der Waals surface area contributed by atoms with Crippen LogP contribution in [0.4, 0.5) is 0 Å². The van der Waals surface area contributed by atoms with E-state index in [0.717, 1.165) is 0 Å². The van der Waals surface area contributed by atoms with Crippen LogP contribution in [-0.2, 0) is 9.59 Å². The Labute approximate surface area is 109 Å². The van der Waals surface area contributed by atoms with Crippen LogP contribution in [0, 0.1) is 0 Å². The molecule has 0 unspecified atom stereocenters. The van der Waals surface area contributed by atoms with Crippen LogP contribution >= 0.6 is 0 Å². The summed E-state index contributed by atoms with van der Waals surface area (Å²) in [6.07, 6.45) is 2.11. The Morgan fingerprint density at radius 2 is 1.36 bits per heavy atom. The van der Waals surface area contributed by atoms with Crippen molar-refractivity contribution in [1.82, 2.24) is 0 Å².